The van der Waals surface area contributed by atoms with Gasteiger partial charge in [-0.25, -0.2) is 0 Å². The molecule has 1 atom stereocenters. The molecular formula is C13H23N3O. The van der Waals surface area contributed by atoms with Crippen molar-refractivity contribution in [1.29, 1.82) is 0 Å². The van der Waals surface area contributed by atoms with Gasteiger partial charge in [-0.15, -0.1) is 0 Å². The van der Waals surface area contributed by atoms with Gasteiger partial charge in [0.1, 0.15) is 0 Å². The van der Waals surface area contributed by atoms with E-state index in [1.165, 1.54) is 11.3 Å². The van der Waals surface area contributed by atoms with Crippen molar-refractivity contribution in [2.45, 2.75) is 12.5 Å². The molecule has 1 aromatic carbocycles. The highest BCUT2D eigenvalue weighted by Gasteiger charge is 2.08. The first-order valence-corrected chi connectivity index (χ1v) is 6.00. The highest BCUT2D eigenvalue weighted by molar-refractivity contribution is 5.46. The van der Waals surface area contributed by atoms with Crippen LogP contribution in [0, 0.1) is 0 Å². The van der Waals surface area contributed by atoms with Crippen LogP contribution in [0.4, 0.5) is 5.69 Å². The Labute approximate surface area is 103 Å². The van der Waals surface area contributed by atoms with Crippen LogP contribution in [-0.4, -0.2) is 38.9 Å². The van der Waals surface area contributed by atoms with E-state index in [-0.39, 0.29) is 12.6 Å². The minimum atomic E-state index is 0.165. The first-order chi connectivity index (χ1) is 8.19. The standard InChI is InChI=1S/C13H23N3O/c1-16(2)12-6-4-11(5-7-12)13(10-14)15-8-3-9-17/h4-7,13,15,17H,3,8-10,14H2,1-2H3. The van der Waals surface area contributed by atoms with Gasteiger partial charge in [0, 0.05) is 39.0 Å². The van der Waals surface area contributed by atoms with Crippen LogP contribution in [0.15, 0.2) is 24.3 Å². The number of hydrogen-bond acceptors (Lipinski definition) is 4. The molecule has 4 nitrogen and oxygen atoms in total. The van der Waals surface area contributed by atoms with E-state index in [9.17, 15) is 0 Å². The fraction of sp³-hybridized carbons (Fsp3) is 0.538. The Balaban J connectivity index is 2.62. The summed E-state index contributed by atoms with van der Waals surface area (Å²) in [5, 5.41) is 12.1. The molecule has 0 saturated carbocycles. The van der Waals surface area contributed by atoms with Crippen molar-refractivity contribution in [2.24, 2.45) is 5.73 Å². The maximum atomic E-state index is 8.74. The number of nitrogens with two attached hydrogens (primary N) is 1. The summed E-state index contributed by atoms with van der Waals surface area (Å²) in [6.45, 7) is 1.56. The monoisotopic (exact) mass is 237 g/mol. The fourth-order valence-electron chi connectivity index (χ4n) is 1.70. The van der Waals surface area contributed by atoms with Gasteiger partial charge in [0.2, 0.25) is 0 Å². The van der Waals surface area contributed by atoms with Crippen LogP contribution in [0.1, 0.15) is 18.0 Å². The first-order valence-electron chi connectivity index (χ1n) is 6.00. The normalized spacial score (nSPS) is 12.5. The summed E-state index contributed by atoms with van der Waals surface area (Å²) in [5.74, 6) is 0. The maximum Gasteiger partial charge on any atom is 0.0444 e. The fourth-order valence-corrected chi connectivity index (χ4v) is 1.70. The molecular weight excluding hydrogens is 214 g/mol. The summed E-state index contributed by atoms with van der Waals surface area (Å²) in [5.41, 5.74) is 8.12. The van der Waals surface area contributed by atoms with Crippen LogP contribution in [0.2, 0.25) is 0 Å². The minimum absolute atomic E-state index is 0.165. The summed E-state index contributed by atoms with van der Waals surface area (Å²) < 4.78 is 0. The summed E-state index contributed by atoms with van der Waals surface area (Å²) in [7, 11) is 4.05. The van der Waals surface area contributed by atoms with Gasteiger partial charge in [0.05, 0.1) is 0 Å². The van der Waals surface area contributed by atoms with Crippen LogP contribution in [0.25, 0.3) is 0 Å². The van der Waals surface area contributed by atoms with Crippen molar-refractivity contribution >= 4 is 5.69 Å². The molecule has 0 amide bonds. The van der Waals surface area contributed by atoms with Crippen LogP contribution < -0.4 is 16.0 Å². The van der Waals surface area contributed by atoms with Crippen molar-refractivity contribution in [2.75, 3.05) is 38.7 Å². The molecule has 4 heteroatoms. The highest BCUT2D eigenvalue weighted by Crippen LogP contribution is 2.17. The van der Waals surface area contributed by atoms with E-state index in [4.69, 9.17) is 10.8 Å². The largest absolute Gasteiger partial charge is 0.396 e. The molecule has 96 valence electrons. The van der Waals surface area contributed by atoms with Gasteiger partial charge < -0.3 is 21.1 Å². The second-order valence-corrected chi connectivity index (χ2v) is 4.31. The number of benzene rings is 1. The van der Waals surface area contributed by atoms with Gasteiger partial charge in [-0.3, -0.25) is 0 Å². The number of nitrogens with one attached hydrogen (secondary N) is 1. The van der Waals surface area contributed by atoms with Crippen molar-refractivity contribution in [3.8, 4) is 0 Å². The van der Waals surface area contributed by atoms with E-state index in [0.717, 1.165) is 13.0 Å². The van der Waals surface area contributed by atoms with Gasteiger partial charge in [0.15, 0.2) is 0 Å². The molecule has 1 rings (SSSR count). The van der Waals surface area contributed by atoms with E-state index in [0.29, 0.717) is 6.54 Å². The Hall–Kier alpha value is -1.10. The number of hydrogen-bond donors (Lipinski definition) is 3. The zero-order valence-electron chi connectivity index (χ0n) is 10.7. The Morgan fingerprint density at radius 1 is 1.29 bits per heavy atom. The lowest BCUT2D eigenvalue weighted by atomic mass is 10.1. The van der Waals surface area contributed by atoms with Gasteiger partial charge in [-0.05, 0) is 30.7 Å². The molecule has 0 aliphatic heterocycles. The lowest BCUT2D eigenvalue weighted by molar-refractivity contribution is 0.283. The Kier molecular flexibility index (Phi) is 5.97. The molecule has 1 unspecified atom stereocenters. The molecule has 0 radical (unpaired) electrons. The predicted molar refractivity (Wildman–Crippen MR) is 72.3 cm³/mol. The van der Waals surface area contributed by atoms with E-state index in [2.05, 4.69) is 34.5 Å². The van der Waals surface area contributed by atoms with Crippen molar-refractivity contribution < 1.29 is 5.11 Å². The molecule has 0 aliphatic carbocycles. The van der Waals surface area contributed by atoms with Gasteiger partial charge in [0.25, 0.3) is 0 Å². The van der Waals surface area contributed by atoms with Crippen LogP contribution in [0.3, 0.4) is 0 Å². The van der Waals surface area contributed by atoms with Crippen molar-refractivity contribution in [3.05, 3.63) is 29.8 Å². The van der Waals surface area contributed by atoms with Crippen molar-refractivity contribution in [3.63, 3.8) is 0 Å². The van der Waals surface area contributed by atoms with Crippen LogP contribution in [-0.2, 0) is 0 Å². The molecule has 0 fully saturated rings. The molecule has 0 aromatic heterocycles. The molecule has 0 heterocycles. The molecule has 0 spiro atoms. The molecule has 0 aliphatic rings. The third-order valence-electron chi connectivity index (χ3n) is 2.77. The third kappa shape index (κ3) is 4.34. The van der Waals surface area contributed by atoms with E-state index in [1.807, 2.05) is 14.1 Å². The number of anilines is 1. The zero-order valence-corrected chi connectivity index (χ0v) is 10.7. The number of aliphatic hydroxyl groups excluding tert-OH is 1. The third-order valence-corrected chi connectivity index (χ3v) is 2.77. The van der Waals surface area contributed by atoms with E-state index in [1.54, 1.807) is 0 Å². The number of rotatable bonds is 7. The SMILES string of the molecule is CN(C)c1ccc(C(CN)NCCCO)cc1. The van der Waals surface area contributed by atoms with Crippen LogP contribution >= 0.6 is 0 Å². The molecule has 17 heavy (non-hydrogen) atoms. The summed E-state index contributed by atoms with van der Waals surface area (Å²) in [6.07, 6.45) is 0.756. The predicted octanol–water partition coefficient (Wildman–Crippen LogP) is 0.724. The molecule has 0 saturated heterocycles. The zero-order chi connectivity index (χ0) is 12.7. The second kappa shape index (κ2) is 7.27. The lowest BCUT2D eigenvalue weighted by Crippen LogP contribution is -2.29. The summed E-state index contributed by atoms with van der Waals surface area (Å²) in [6, 6.07) is 8.53. The van der Waals surface area contributed by atoms with Gasteiger partial charge in [-0.2, -0.15) is 0 Å². The quantitative estimate of drug-likeness (QED) is 0.612. The topological polar surface area (TPSA) is 61.5 Å². The Bertz CT molecular complexity index is 311. The summed E-state index contributed by atoms with van der Waals surface area (Å²) >= 11 is 0. The highest BCUT2D eigenvalue weighted by atomic mass is 16.3. The average molecular weight is 237 g/mol. The van der Waals surface area contributed by atoms with Gasteiger partial charge in [-0.1, -0.05) is 12.1 Å². The average Bonchev–Trinajstić information content (AvgIpc) is 2.35. The van der Waals surface area contributed by atoms with Crippen LogP contribution in [0.5, 0.6) is 0 Å². The summed E-state index contributed by atoms with van der Waals surface area (Å²) in [4.78, 5) is 2.07. The maximum absolute atomic E-state index is 8.74. The molecule has 1 aromatic rings. The second-order valence-electron chi connectivity index (χ2n) is 4.31. The van der Waals surface area contributed by atoms with E-state index < -0.39 is 0 Å². The first kappa shape index (κ1) is 14.0. The van der Waals surface area contributed by atoms with Gasteiger partial charge >= 0.3 is 0 Å². The van der Waals surface area contributed by atoms with Crippen molar-refractivity contribution in [1.82, 2.24) is 5.32 Å². The molecule has 4 N–H and O–H groups in total. The Morgan fingerprint density at radius 2 is 1.94 bits per heavy atom. The smallest absolute Gasteiger partial charge is 0.0444 e. The number of aliphatic hydroxyl groups is 1. The molecule has 0 bridgehead atoms. The van der Waals surface area contributed by atoms with E-state index >= 15 is 0 Å². The minimum Gasteiger partial charge on any atom is -0.396 e. The lowest BCUT2D eigenvalue weighted by Gasteiger charge is -2.19. The Morgan fingerprint density at radius 3 is 2.41 bits per heavy atom. The number of nitrogens with zero attached hydrogens (tertiary/aromatic N) is 1.